The monoisotopic (exact) mass is 354 g/mol. The first-order valence-electron chi connectivity index (χ1n) is 8.01. The van der Waals surface area contributed by atoms with Crippen LogP contribution in [0.5, 0.6) is 0 Å². The summed E-state index contributed by atoms with van der Waals surface area (Å²) in [5.41, 5.74) is 0.776. The molecule has 0 aliphatic heterocycles. The second kappa shape index (κ2) is 7.22. The molecular weight excluding hydrogens is 336 g/mol. The van der Waals surface area contributed by atoms with Crippen LogP contribution < -0.4 is 16.2 Å². The lowest BCUT2D eigenvalue weighted by Crippen LogP contribution is -2.37. The normalized spacial score (nSPS) is 10.7. The Bertz CT molecular complexity index is 1020. The van der Waals surface area contributed by atoms with Gasteiger partial charge in [0.05, 0.1) is 12.1 Å². The number of aromatic nitrogens is 2. The second-order valence-corrected chi connectivity index (χ2v) is 5.82. The average molecular weight is 354 g/mol. The number of aryl methyl sites for hydroxylation is 2. The Balaban J connectivity index is 1.68. The molecule has 2 aromatic heterocycles. The van der Waals surface area contributed by atoms with E-state index < -0.39 is 5.91 Å². The van der Waals surface area contributed by atoms with E-state index in [-0.39, 0.29) is 40.4 Å². The minimum absolute atomic E-state index is 0.101. The fourth-order valence-electron chi connectivity index (χ4n) is 2.57. The number of amides is 2. The molecule has 0 unspecified atom stereocenters. The van der Waals surface area contributed by atoms with Crippen LogP contribution in [0, 0.1) is 6.92 Å². The minimum Gasteiger partial charge on any atom is -0.442 e. The molecule has 2 N–H and O–H groups in total. The van der Waals surface area contributed by atoms with Crippen molar-refractivity contribution in [3.63, 3.8) is 0 Å². The van der Waals surface area contributed by atoms with Gasteiger partial charge < -0.3 is 19.6 Å². The van der Waals surface area contributed by atoms with Gasteiger partial charge in [0.1, 0.15) is 17.5 Å². The third kappa shape index (κ3) is 3.49. The van der Waals surface area contributed by atoms with Gasteiger partial charge in [-0.2, -0.15) is 0 Å². The molecule has 2 heterocycles. The molecule has 0 radical (unpaired) electrons. The summed E-state index contributed by atoms with van der Waals surface area (Å²) in [5.74, 6) is -0.613. The van der Waals surface area contributed by atoms with Crippen molar-refractivity contribution in [1.29, 1.82) is 0 Å². The number of nitrogens with one attached hydrogen (secondary N) is 2. The molecule has 134 valence electrons. The van der Waals surface area contributed by atoms with Crippen molar-refractivity contribution in [2.45, 2.75) is 13.5 Å². The molecule has 0 saturated heterocycles. The summed E-state index contributed by atoms with van der Waals surface area (Å²) in [6, 6.07) is 9.43. The van der Waals surface area contributed by atoms with Gasteiger partial charge in [0.2, 0.25) is 11.6 Å². The zero-order chi connectivity index (χ0) is 18.7. The van der Waals surface area contributed by atoms with Crippen molar-refractivity contribution in [3.05, 3.63) is 63.9 Å². The number of rotatable bonds is 5. The van der Waals surface area contributed by atoms with Crippen LogP contribution in [0.1, 0.15) is 21.7 Å². The maximum absolute atomic E-state index is 12.5. The van der Waals surface area contributed by atoms with Crippen LogP contribution in [0.25, 0.3) is 11.1 Å². The smallest absolute Gasteiger partial charge is 0.265 e. The lowest BCUT2D eigenvalue weighted by atomic mass is 10.2. The first-order chi connectivity index (χ1) is 12.5. The van der Waals surface area contributed by atoms with Gasteiger partial charge in [0.15, 0.2) is 0 Å². The zero-order valence-electron chi connectivity index (χ0n) is 14.4. The largest absolute Gasteiger partial charge is 0.442 e. The molecule has 2 amide bonds. The van der Waals surface area contributed by atoms with Gasteiger partial charge >= 0.3 is 0 Å². The van der Waals surface area contributed by atoms with E-state index in [0.717, 1.165) is 5.56 Å². The maximum Gasteiger partial charge on any atom is 0.265 e. The van der Waals surface area contributed by atoms with Crippen molar-refractivity contribution in [1.82, 2.24) is 20.2 Å². The summed E-state index contributed by atoms with van der Waals surface area (Å²) in [6.07, 6.45) is 1.33. The van der Waals surface area contributed by atoms with Gasteiger partial charge in [-0.05, 0) is 12.5 Å². The highest BCUT2D eigenvalue weighted by Gasteiger charge is 2.22. The van der Waals surface area contributed by atoms with Crippen molar-refractivity contribution >= 4 is 22.9 Å². The van der Waals surface area contributed by atoms with Crippen LogP contribution in [-0.4, -0.2) is 27.9 Å². The van der Waals surface area contributed by atoms with E-state index in [1.807, 2.05) is 30.3 Å². The Kier molecular flexibility index (Phi) is 4.83. The van der Waals surface area contributed by atoms with E-state index in [2.05, 4.69) is 15.6 Å². The molecule has 1 aromatic carbocycles. The summed E-state index contributed by atoms with van der Waals surface area (Å²) in [4.78, 5) is 40.7. The molecule has 3 aromatic rings. The van der Waals surface area contributed by atoms with E-state index in [1.165, 1.54) is 17.9 Å². The lowest BCUT2D eigenvalue weighted by Gasteiger charge is -2.07. The van der Waals surface area contributed by atoms with Crippen molar-refractivity contribution in [3.8, 4) is 0 Å². The van der Waals surface area contributed by atoms with Crippen molar-refractivity contribution < 1.29 is 14.0 Å². The third-order valence-electron chi connectivity index (χ3n) is 3.92. The average Bonchev–Trinajstić information content (AvgIpc) is 2.99. The fraction of sp³-hybridized carbons (Fsp3) is 0.222. The molecule has 3 rings (SSSR count). The highest BCUT2D eigenvalue weighted by molar-refractivity contribution is 6.07. The molecule has 26 heavy (non-hydrogen) atoms. The summed E-state index contributed by atoms with van der Waals surface area (Å²) in [7, 11) is 1.54. The van der Waals surface area contributed by atoms with Crippen LogP contribution in [0.2, 0.25) is 0 Å². The number of carbonyl (C=O) groups is 2. The number of hydrogen-bond donors (Lipinski definition) is 2. The van der Waals surface area contributed by atoms with E-state index in [1.54, 1.807) is 6.92 Å². The molecule has 8 nitrogen and oxygen atoms in total. The highest BCUT2D eigenvalue weighted by atomic mass is 16.3. The Labute approximate surface area is 148 Å². The Morgan fingerprint density at radius 2 is 1.92 bits per heavy atom. The van der Waals surface area contributed by atoms with Gasteiger partial charge in [0.25, 0.3) is 11.5 Å². The van der Waals surface area contributed by atoms with Gasteiger partial charge in [-0.25, -0.2) is 4.98 Å². The molecule has 0 aliphatic rings. The number of hydrogen-bond acceptors (Lipinski definition) is 5. The summed E-state index contributed by atoms with van der Waals surface area (Å²) < 4.78 is 6.65. The summed E-state index contributed by atoms with van der Waals surface area (Å²) >= 11 is 0. The van der Waals surface area contributed by atoms with E-state index in [9.17, 15) is 14.4 Å². The lowest BCUT2D eigenvalue weighted by molar-refractivity contribution is -0.120. The van der Waals surface area contributed by atoms with E-state index in [0.29, 0.717) is 6.54 Å². The topological polar surface area (TPSA) is 106 Å². The van der Waals surface area contributed by atoms with Crippen LogP contribution >= 0.6 is 0 Å². The van der Waals surface area contributed by atoms with Crippen LogP contribution in [0.4, 0.5) is 0 Å². The number of carbonyl (C=O) groups excluding carboxylic acids is 2. The molecule has 0 fully saturated rings. The maximum atomic E-state index is 12.5. The van der Waals surface area contributed by atoms with E-state index >= 15 is 0 Å². The standard InChI is InChI=1S/C18H18N4O4/c1-11-14(15-17(26-11)21-10-22(2)18(15)25)16(24)20-9-13(23)19-8-12-6-4-3-5-7-12/h3-7,10H,8-9H2,1-2H3,(H,19,23)(H,20,24). The van der Waals surface area contributed by atoms with E-state index in [4.69, 9.17) is 4.42 Å². The van der Waals surface area contributed by atoms with Crippen molar-refractivity contribution in [2.75, 3.05) is 6.54 Å². The van der Waals surface area contributed by atoms with Crippen LogP contribution in [0.3, 0.4) is 0 Å². The van der Waals surface area contributed by atoms with Crippen LogP contribution in [0.15, 0.2) is 45.9 Å². The van der Waals surface area contributed by atoms with Gasteiger partial charge in [0, 0.05) is 13.6 Å². The SMILES string of the molecule is Cc1oc2ncn(C)c(=O)c2c1C(=O)NCC(=O)NCc1ccccc1. The number of nitrogens with zero attached hydrogens (tertiary/aromatic N) is 2. The molecule has 8 heteroatoms. The first-order valence-corrected chi connectivity index (χ1v) is 8.01. The third-order valence-corrected chi connectivity index (χ3v) is 3.92. The predicted molar refractivity (Wildman–Crippen MR) is 94.6 cm³/mol. The molecule has 0 atom stereocenters. The number of furan rings is 1. The predicted octanol–water partition coefficient (Wildman–Crippen LogP) is 0.881. The quantitative estimate of drug-likeness (QED) is 0.707. The second-order valence-electron chi connectivity index (χ2n) is 5.82. The molecule has 0 saturated carbocycles. The van der Waals surface area contributed by atoms with Gasteiger partial charge in [-0.15, -0.1) is 0 Å². The Morgan fingerprint density at radius 1 is 1.19 bits per heavy atom. The number of fused-ring (bicyclic) bond motifs is 1. The number of benzene rings is 1. The summed E-state index contributed by atoms with van der Waals surface area (Å²) in [6.45, 7) is 1.73. The van der Waals surface area contributed by atoms with Gasteiger partial charge in [-0.1, -0.05) is 30.3 Å². The molecule has 0 aliphatic carbocycles. The van der Waals surface area contributed by atoms with Gasteiger partial charge in [-0.3, -0.25) is 14.4 Å². The zero-order valence-corrected chi connectivity index (χ0v) is 14.4. The molecule has 0 bridgehead atoms. The minimum atomic E-state index is -0.554. The first kappa shape index (κ1) is 17.4. The van der Waals surface area contributed by atoms with Crippen LogP contribution in [-0.2, 0) is 18.4 Å². The summed E-state index contributed by atoms with van der Waals surface area (Å²) in [5, 5.41) is 5.34. The molecule has 0 spiro atoms. The Morgan fingerprint density at radius 3 is 2.65 bits per heavy atom. The molecular formula is C18H18N4O4. The fourth-order valence-corrected chi connectivity index (χ4v) is 2.57. The van der Waals surface area contributed by atoms with Crippen molar-refractivity contribution in [2.24, 2.45) is 7.05 Å². The Hall–Kier alpha value is -3.42. The highest BCUT2D eigenvalue weighted by Crippen LogP contribution is 2.20.